The maximum Gasteiger partial charge on any atom is 0.317 e. The number of benzene rings is 1. The van der Waals surface area contributed by atoms with E-state index < -0.39 is 0 Å². The number of carbonyl (C=O) groups excluding carboxylic acids is 1. The highest BCUT2D eigenvalue weighted by molar-refractivity contribution is 6.30. The molecule has 0 saturated carbocycles. The summed E-state index contributed by atoms with van der Waals surface area (Å²) in [5.74, 6) is 1.22. The molecular formula is C16H19ClN4O2. The minimum atomic E-state index is -0.0327. The molecule has 7 heteroatoms. The summed E-state index contributed by atoms with van der Waals surface area (Å²) in [6.07, 6.45) is 1.87. The largest absolute Gasteiger partial charge is 0.339 e. The predicted molar refractivity (Wildman–Crippen MR) is 87.4 cm³/mol. The number of hydrogen-bond donors (Lipinski definition) is 1. The number of rotatable bonds is 3. The Morgan fingerprint density at radius 3 is 2.96 bits per heavy atom. The Morgan fingerprint density at radius 1 is 1.43 bits per heavy atom. The fourth-order valence-electron chi connectivity index (χ4n) is 2.74. The van der Waals surface area contributed by atoms with E-state index in [9.17, 15) is 4.79 Å². The highest BCUT2D eigenvalue weighted by atomic mass is 35.5. The molecular weight excluding hydrogens is 316 g/mol. The first-order chi connectivity index (χ1) is 11.2. The molecule has 1 fully saturated rings. The van der Waals surface area contributed by atoms with Gasteiger partial charge in [-0.1, -0.05) is 16.8 Å². The van der Waals surface area contributed by atoms with Crippen molar-refractivity contribution < 1.29 is 9.32 Å². The number of hydrogen-bond acceptors (Lipinski definition) is 4. The van der Waals surface area contributed by atoms with E-state index in [0.29, 0.717) is 29.8 Å². The van der Waals surface area contributed by atoms with Crippen molar-refractivity contribution in [1.29, 1.82) is 0 Å². The van der Waals surface area contributed by atoms with Gasteiger partial charge in [0.15, 0.2) is 0 Å². The van der Waals surface area contributed by atoms with Crippen molar-refractivity contribution in [1.82, 2.24) is 20.4 Å². The van der Waals surface area contributed by atoms with Gasteiger partial charge in [0.05, 0.1) is 5.92 Å². The van der Waals surface area contributed by atoms with Gasteiger partial charge >= 0.3 is 6.03 Å². The number of nitrogens with one attached hydrogen (secondary N) is 1. The second kappa shape index (κ2) is 7.00. The molecule has 1 aliphatic rings. The zero-order valence-corrected chi connectivity index (χ0v) is 13.7. The molecule has 0 aliphatic carbocycles. The summed E-state index contributed by atoms with van der Waals surface area (Å²) >= 11 is 5.89. The lowest BCUT2D eigenvalue weighted by Gasteiger charge is -2.30. The lowest BCUT2D eigenvalue weighted by Crippen LogP contribution is -2.44. The van der Waals surface area contributed by atoms with Gasteiger partial charge < -0.3 is 14.7 Å². The van der Waals surface area contributed by atoms with Crippen molar-refractivity contribution in [3.8, 4) is 11.4 Å². The molecule has 1 aliphatic heterocycles. The molecule has 0 radical (unpaired) electrons. The van der Waals surface area contributed by atoms with E-state index in [2.05, 4.69) is 15.5 Å². The average molecular weight is 335 g/mol. The number of aromatic nitrogens is 2. The summed E-state index contributed by atoms with van der Waals surface area (Å²) in [6.45, 7) is 3.91. The summed E-state index contributed by atoms with van der Waals surface area (Å²) in [5.41, 5.74) is 0.862. The Kier molecular flexibility index (Phi) is 4.81. The topological polar surface area (TPSA) is 71.3 Å². The van der Waals surface area contributed by atoms with Gasteiger partial charge in [-0.25, -0.2) is 4.79 Å². The van der Waals surface area contributed by atoms with Crippen molar-refractivity contribution >= 4 is 17.6 Å². The van der Waals surface area contributed by atoms with Crippen LogP contribution >= 0.6 is 11.6 Å². The second-order valence-corrected chi connectivity index (χ2v) is 6.02. The maximum absolute atomic E-state index is 12.0. The van der Waals surface area contributed by atoms with Gasteiger partial charge in [0.1, 0.15) is 0 Å². The average Bonchev–Trinajstić information content (AvgIpc) is 3.06. The second-order valence-electron chi connectivity index (χ2n) is 5.58. The Hall–Kier alpha value is -2.08. The zero-order valence-electron chi connectivity index (χ0n) is 13.0. The van der Waals surface area contributed by atoms with E-state index in [-0.39, 0.29) is 11.9 Å². The first kappa shape index (κ1) is 15.8. The Morgan fingerprint density at radius 2 is 2.22 bits per heavy atom. The molecule has 0 bridgehead atoms. The maximum atomic E-state index is 12.0. The van der Waals surface area contributed by atoms with Gasteiger partial charge in [-0.15, -0.1) is 0 Å². The van der Waals surface area contributed by atoms with Crippen LogP contribution in [0.5, 0.6) is 0 Å². The van der Waals surface area contributed by atoms with Crippen molar-refractivity contribution in [2.45, 2.75) is 25.7 Å². The number of nitrogens with zero attached hydrogens (tertiary/aromatic N) is 3. The van der Waals surface area contributed by atoms with Crippen LogP contribution in [0.1, 0.15) is 31.6 Å². The first-order valence-electron chi connectivity index (χ1n) is 7.79. The Bertz CT molecular complexity index is 671. The molecule has 0 spiro atoms. The summed E-state index contributed by atoms with van der Waals surface area (Å²) in [5, 5.41) is 7.55. The number of halogens is 1. The van der Waals surface area contributed by atoms with Crippen molar-refractivity contribution in [2.24, 2.45) is 0 Å². The van der Waals surface area contributed by atoms with E-state index in [1.807, 2.05) is 24.0 Å². The van der Waals surface area contributed by atoms with Gasteiger partial charge in [-0.3, -0.25) is 0 Å². The number of piperidine rings is 1. The van der Waals surface area contributed by atoms with Gasteiger partial charge in [0.2, 0.25) is 11.7 Å². The quantitative estimate of drug-likeness (QED) is 0.934. The minimum Gasteiger partial charge on any atom is -0.339 e. The van der Waals surface area contributed by atoms with E-state index in [0.717, 1.165) is 24.9 Å². The monoisotopic (exact) mass is 334 g/mol. The van der Waals surface area contributed by atoms with Crippen LogP contribution in [-0.2, 0) is 0 Å². The number of urea groups is 1. The number of likely N-dealkylation sites (tertiary alicyclic amines) is 1. The van der Waals surface area contributed by atoms with Gasteiger partial charge in [-0.2, -0.15) is 4.98 Å². The zero-order chi connectivity index (χ0) is 16.2. The molecule has 1 atom stereocenters. The molecule has 2 heterocycles. The standard InChI is InChI=1S/C16H19ClN4O2/c1-2-18-16(22)21-9-3-4-12(10-21)15-19-14(20-23-15)11-5-7-13(17)8-6-11/h5-8,12H,2-4,9-10H2,1H3,(H,18,22)/t12-/m0/s1. The molecule has 1 aromatic heterocycles. The molecule has 1 saturated heterocycles. The van der Waals surface area contributed by atoms with Crippen molar-refractivity contribution in [2.75, 3.05) is 19.6 Å². The molecule has 122 valence electrons. The smallest absolute Gasteiger partial charge is 0.317 e. The van der Waals surface area contributed by atoms with E-state index in [4.69, 9.17) is 16.1 Å². The van der Waals surface area contributed by atoms with Crippen LogP contribution in [0, 0.1) is 0 Å². The van der Waals surface area contributed by atoms with Crippen molar-refractivity contribution in [3.05, 3.63) is 35.2 Å². The van der Waals surface area contributed by atoms with Crippen molar-refractivity contribution in [3.63, 3.8) is 0 Å². The third-order valence-electron chi connectivity index (χ3n) is 3.93. The third kappa shape index (κ3) is 3.64. The van der Waals surface area contributed by atoms with Crippen LogP contribution < -0.4 is 5.32 Å². The molecule has 2 amide bonds. The van der Waals surface area contributed by atoms with Gasteiger partial charge in [0, 0.05) is 30.2 Å². The van der Waals surface area contributed by atoms with E-state index in [1.165, 1.54) is 0 Å². The van der Waals surface area contributed by atoms with Crippen LogP contribution in [0.25, 0.3) is 11.4 Å². The SMILES string of the molecule is CCNC(=O)N1CCC[C@H](c2nc(-c3ccc(Cl)cc3)no2)C1. The number of carbonyl (C=O) groups is 1. The molecule has 6 nitrogen and oxygen atoms in total. The molecule has 1 N–H and O–H groups in total. The fraction of sp³-hybridized carbons (Fsp3) is 0.438. The van der Waals surface area contributed by atoms with Gasteiger partial charge in [0.25, 0.3) is 0 Å². The summed E-state index contributed by atoms with van der Waals surface area (Å²) in [4.78, 5) is 18.3. The minimum absolute atomic E-state index is 0.0327. The Balaban J connectivity index is 1.72. The van der Waals surface area contributed by atoms with E-state index >= 15 is 0 Å². The fourth-order valence-corrected chi connectivity index (χ4v) is 2.87. The molecule has 3 rings (SSSR count). The summed E-state index contributed by atoms with van der Waals surface area (Å²) in [7, 11) is 0. The van der Waals surface area contributed by atoms with Crippen LogP contribution in [0.15, 0.2) is 28.8 Å². The van der Waals surface area contributed by atoms with Gasteiger partial charge in [-0.05, 0) is 44.0 Å². The molecule has 0 unspecified atom stereocenters. The summed E-state index contributed by atoms with van der Waals surface area (Å²) < 4.78 is 5.42. The Labute approximate surface area is 139 Å². The predicted octanol–water partition coefficient (Wildman–Crippen LogP) is 3.30. The molecule has 2 aromatic rings. The van der Waals surface area contributed by atoms with Crippen LogP contribution in [0.4, 0.5) is 4.79 Å². The van der Waals surface area contributed by atoms with E-state index in [1.54, 1.807) is 12.1 Å². The normalized spacial score (nSPS) is 18.0. The lowest BCUT2D eigenvalue weighted by atomic mass is 9.98. The van der Waals surface area contributed by atoms with Crippen LogP contribution in [0.3, 0.4) is 0 Å². The lowest BCUT2D eigenvalue weighted by molar-refractivity contribution is 0.172. The summed E-state index contributed by atoms with van der Waals surface area (Å²) in [6, 6.07) is 7.28. The van der Waals surface area contributed by atoms with Crippen LogP contribution in [-0.4, -0.2) is 40.7 Å². The first-order valence-corrected chi connectivity index (χ1v) is 8.17. The highest BCUT2D eigenvalue weighted by Crippen LogP contribution is 2.27. The van der Waals surface area contributed by atoms with Crippen LogP contribution in [0.2, 0.25) is 5.02 Å². The number of amides is 2. The molecule has 23 heavy (non-hydrogen) atoms. The highest BCUT2D eigenvalue weighted by Gasteiger charge is 2.28. The molecule has 1 aromatic carbocycles. The third-order valence-corrected chi connectivity index (χ3v) is 4.18.